The van der Waals surface area contributed by atoms with Gasteiger partial charge in [-0.3, -0.25) is 4.79 Å². The molecule has 1 aromatic carbocycles. The molecule has 0 spiro atoms. The van der Waals surface area contributed by atoms with Gasteiger partial charge in [0.25, 0.3) is 5.91 Å². The number of carboxylic acid groups (broad SMARTS) is 1. The van der Waals surface area contributed by atoms with Crippen LogP contribution >= 0.6 is 0 Å². The molecule has 0 bridgehead atoms. The largest absolute Gasteiger partial charge is 0.482 e. The Morgan fingerprint density at radius 3 is 2.67 bits per heavy atom. The lowest BCUT2D eigenvalue weighted by Crippen LogP contribution is -2.53. The second kappa shape index (κ2) is 7.29. The highest BCUT2D eigenvalue weighted by atomic mass is 16.5. The third-order valence-electron chi connectivity index (χ3n) is 3.00. The lowest BCUT2D eigenvalue weighted by Gasteiger charge is -2.25. The van der Waals surface area contributed by atoms with Crippen molar-refractivity contribution in [3.05, 3.63) is 29.8 Å². The van der Waals surface area contributed by atoms with Crippen LogP contribution in [0.1, 0.15) is 32.3 Å². The van der Waals surface area contributed by atoms with Crippen LogP contribution < -0.4 is 10.1 Å². The van der Waals surface area contributed by atoms with Crippen molar-refractivity contribution in [2.75, 3.05) is 6.61 Å². The molecule has 2 N–H and O–H groups in total. The first-order valence-electron chi connectivity index (χ1n) is 6.59. The van der Waals surface area contributed by atoms with Crippen molar-refractivity contribution in [1.29, 1.82) is 5.26 Å². The highest BCUT2D eigenvalue weighted by molar-refractivity contribution is 5.87. The van der Waals surface area contributed by atoms with Crippen molar-refractivity contribution in [1.82, 2.24) is 5.32 Å². The number of nitrogens with zero attached hydrogens (tertiary/aromatic N) is 1. The summed E-state index contributed by atoms with van der Waals surface area (Å²) in [7, 11) is 0. The van der Waals surface area contributed by atoms with Gasteiger partial charge in [0.1, 0.15) is 17.4 Å². The van der Waals surface area contributed by atoms with Crippen molar-refractivity contribution in [3.63, 3.8) is 0 Å². The minimum Gasteiger partial charge on any atom is -0.482 e. The van der Waals surface area contributed by atoms with Gasteiger partial charge in [-0.2, -0.15) is 5.26 Å². The Labute approximate surface area is 123 Å². The number of hydrogen-bond acceptors (Lipinski definition) is 4. The van der Waals surface area contributed by atoms with Crippen molar-refractivity contribution >= 4 is 11.9 Å². The Bertz CT molecular complexity index is 565. The van der Waals surface area contributed by atoms with Crippen LogP contribution in [0.25, 0.3) is 0 Å². The number of hydrogen-bond donors (Lipinski definition) is 2. The monoisotopic (exact) mass is 290 g/mol. The molecule has 0 saturated carbocycles. The van der Waals surface area contributed by atoms with E-state index in [9.17, 15) is 14.7 Å². The Balaban J connectivity index is 2.66. The zero-order chi connectivity index (χ0) is 15.9. The normalized spacial score (nSPS) is 12.8. The zero-order valence-electron chi connectivity index (χ0n) is 12.0. The van der Waals surface area contributed by atoms with Gasteiger partial charge in [-0.25, -0.2) is 4.79 Å². The predicted octanol–water partition coefficient (Wildman–Crippen LogP) is 1.70. The van der Waals surface area contributed by atoms with E-state index in [1.807, 2.05) is 13.0 Å². The molecule has 1 rings (SSSR count). The van der Waals surface area contributed by atoms with E-state index in [-0.39, 0.29) is 6.61 Å². The molecule has 1 atom stereocenters. The topological polar surface area (TPSA) is 99.4 Å². The number of aliphatic carboxylic acids is 1. The van der Waals surface area contributed by atoms with Crippen molar-refractivity contribution in [2.45, 2.75) is 32.2 Å². The molecule has 0 radical (unpaired) electrons. The molecule has 0 aliphatic rings. The van der Waals surface area contributed by atoms with E-state index in [1.165, 1.54) is 6.92 Å². The summed E-state index contributed by atoms with van der Waals surface area (Å²) in [6, 6.07) is 8.48. The number of nitriles is 1. The third-order valence-corrected chi connectivity index (χ3v) is 3.00. The standard InChI is InChI=1S/C15H18N2O4/c1-3-8-15(2,14(19)20)17-13(18)10-21-12-7-5-4-6-11(12)9-16/h4-7H,3,8,10H2,1-2H3,(H,17,18)(H,19,20). The number of para-hydroxylation sites is 1. The number of carbonyl (C=O) groups excluding carboxylic acids is 1. The molecule has 0 aliphatic heterocycles. The van der Waals surface area contributed by atoms with Crippen molar-refractivity contribution in [2.24, 2.45) is 0 Å². The quantitative estimate of drug-likeness (QED) is 0.796. The van der Waals surface area contributed by atoms with E-state index in [2.05, 4.69) is 5.32 Å². The van der Waals surface area contributed by atoms with Gasteiger partial charge in [0.05, 0.1) is 5.56 Å². The number of ether oxygens (including phenoxy) is 1. The lowest BCUT2D eigenvalue weighted by atomic mass is 9.96. The van der Waals surface area contributed by atoms with E-state index in [1.54, 1.807) is 24.3 Å². The average Bonchev–Trinajstić information content (AvgIpc) is 2.45. The molecule has 1 unspecified atom stereocenters. The van der Waals surface area contributed by atoms with Gasteiger partial charge < -0.3 is 15.2 Å². The molecule has 0 aliphatic carbocycles. The Morgan fingerprint density at radius 1 is 1.43 bits per heavy atom. The third kappa shape index (κ3) is 4.49. The number of carbonyl (C=O) groups is 2. The number of rotatable bonds is 7. The van der Waals surface area contributed by atoms with Crippen LogP contribution in [0, 0.1) is 11.3 Å². The molecule has 0 fully saturated rings. The van der Waals surface area contributed by atoms with Gasteiger partial charge >= 0.3 is 5.97 Å². The first-order valence-corrected chi connectivity index (χ1v) is 6.59. The summed E-state index contributed by atoms with van der Waals surface area (Å²) in [6.07, 6.45) is 0.948. The maximum atomic E-state index is 11.8. The van der Waals surface area contributed by atoms with E-state index in [0.29, 0.717) is 24.2 Å². The summed E-state index contributed by atoms with van der Waals surface area (Å²) in [5, 5.41) is 20.5. The van der Waals surface area contributed by atoms with E-state index in [4.69, 9.17) is 10.00 Å². The Hall–Kier alpha value is -2.55. The van der Waals surface area contributed by atoms with E-state index in [0.717, 1.165) is 0 Å². The van der Waals surface area contributed by atoms with Gasteiger partial charge in [0, 0.05) is 0 Å². The highest BCUT2D eigenvalue weighted by Crippen LogP contribution is 2.17. The van der Waals surface area contributed by atoms with Crippen molar-refractivity contribution in [3.8, 4) is 11.8 Å². The van der Waals surface area contributed by atoms with Crippen LogP contribution in [0.3, 0.4) is 0 Å². The fraction of sp³-hybridized carbons (Fsp3) is 0.400. The summed E-state index contributed by atoms with van der Waals surface area (Å²) in [5.41, 5.74) is -0.996. The summed E-state index contributed by atoms with van der Waals surface area (Å²) >= 11 is 0. The average molecular weight is 290 g/mol. The maximum Gasteiger partial charge on any atom is 0.329 e. The first kappa shape index (κ1) is 16.5. The van der Waals surface area contributed by atoms with Gasteiger partial charge in [-0.15, -0.1) is 0 Å². The van der Waals surface area contributed by atoms with Gasteiger partial charge in [-0.1, -0.05) is 25.5 Å². The number of benzene rings is 1. The maximum absolute atomic E-state index is 11.8. The zero-order valence-corrected chi connectivity index (χ0v) is 12.0. The van der Waals surface area contributed by atoms with Crippen molar-refractivity contribution < 1.29 is 19.4 Å². The van der Waals surface area contributed by atoms with Crippen LogP contribution in [0.4, 0.5) is 0 Å². The first-order chi connectivity index (χ1) is 9.92. The van der Waals surface area contributed by atoms with Gasteiger partial charge in [0.15, 0.2) is 6.61 Å². The number of carboxylic acids is 1. The molecule has 0 aromatic heterocycles. The molecule has 0 saturated heterocycles. The Kier molecular flexibility index (Phi) is 5.73. The molecule has 112 valence electrons. The summed E-state index contributed by atoms with van der Waals surface area (Å²) < 4.78 is 5.27. The van der Waals surface area contributed by atoms with E-state index < -0.39 is 17.4 Å². The predicted molar refractivity (Wildman–Crippen MR) is 75.7 cm³/mol. The summed E-state index contributed by atoms with van der Waals surface area (Å²) in [4.78, 5) is 23.1. The minimum absolute atomic E-state index is 0.294. The van der Waals surface area contributed by atoms with Gasteiger partial charge in [-0.05, 0) is 25.5 Å². The minimum atomic E-state index is -1.32. The molecule has 1 aromatic rings. The smallest absolute Gasteiger partial charge is 0.329 e. The summed E-state index contributed by atoms with van der Waals surface area (Å²) in [6.45, 7) is 2.96. The molecule has 6 nitrogen and oxygen atoms in total. The Morgan fingerprint density at radius 2 is 2.10 bits per heavy atom. The molecular formula is C15H18N2O4. The van der Waals surface area contributed by atoms with Crippen LogP contribution in [0.2, 0.25) is 0 Å². The fourth-order valence-electron chi connectivity index (χ4n) is 1.89. The van der Waals surface area contributed by atoms with Gasteiger partial charge in [0.2, 0.25) is 0 Å². The SMILES string of the molecule is CCCC(C)(NC(=O)COc1ccccc1C#N)C(=O)O. The fourth-order valence-corrected chi connectivity index (χ4v) is 1.89. The number of nitrogens with one attached hydrogen (secondary N) is 1. The van der Waals surface area contributed by atoms with Crippen LogP contribution in [-0.2, 0) is 9.59 Å². The molecular weight excluding hydrogens is 272 g/mol. The molecule has 1 amide bonds. The summed E-state index contributed by atoms with van der Waals surface area (Å²) in [5.74, 6) is -1.33. The van der Waals surface area contributed by atoms with E-state index >= 15 is 0 Å². The molecule has 6 heteroatoms. The second-order valence-corrected chi connectivity index (χ2v) is 4.83. The highest BCUT2D eigenvalue weighted by Gasteiger charge is 2.33. The lowest BCUT2D eigenvalue weighted by molar-refractivity contribution is -0.147. The van der Waals surface area contributed by atoms with Crippen LogP contribution in [0.15, 0.2) is 24.3 Å². The molecule has 0 heterocycles. The molecule has 21 heavy (non-hydrogen) atoms. The number of amides is 1. The van der Waals surface area contributed by atoms with Crippen LogP contribution in [-0.4, -0.2) is 29.1 Å². The van der Waals surface area contributed by atoms with Crippen LogP contribution in [0.5, 0.6) is 5.75 Å². The second-order valence-electron chi connectivity index (χ2n) is 4.83.